The van der Waals surface area contributed by atoms with E-state index in [4.69, 9.17) is 0 Å². The van der Waals surface area contributed by atoms with Crippen LogP contribution in [0, 0.1) is 6.92 Å². The third kappa shape index (κ3) is 1.50. The lowest BCUT2D eigenvalue weighted by Gasteiger charge is -2.21. The molecule has 0 amide bonds. The van der Waals surface area contributed by atoms with Gasteiger partial charge in [-0.3, -0.25) is 0 Å². The first-order valence-corrected chi connectivity index (χ1v) is 5.98. The first kappa shape index (κ1) is 9.12. The Hall–Kier alpha value is -1.13. The Balaban J connectivity index is 2.02. The van der Waals surface area contributed by atoms with Crippen molar-refractivity contribution in [2.45, 2.75) is 19.4 Å². The number of H-pyrrole nitrogens is 1. The van der Waals surface area contributed by atoms with E-state index < -0.39 is 0 Å². The third-order valence-corrected chi connectivity index (χ3v) is 3.86. The van der Waals surface area contributed by atoms with E-state index in [9.17, 15) is 0 Å². The maximum absolute atomic E-state index is 4.41. The zero-order valence-electron chi connectivity index (χ0n) is 8.58. The van der Waals surface area contributed by atoms with Crippen LogP contribution in [0.5, 0.6) is 0 Å². The molecule has 2 N–H and O–H groups in total. The van der Waals surface area contributed by atoms with Crippen molar-refractivity contribution in [3.63, 3.8) is 0 Å². The summed E-state index contributed by atoms with van der Waals surface area (Å²) in [7, 11) is 0. The van der Waals surface area contributed by atoms with Crippen LogP contribution in [0.2, 0.25) is 0 Å². The van der Waals surface area contributed by atoms with Gasteiger partial charge < -0.3 is 10.3 Å². The Kier molecular flexibility index (Phi) is 2.11. The highest BCUT2D eigenvalue weighted by molar-refractivity contribution is 7.12. The maximum atomic E-state index is 4.41. The zero-order chi connectivity index (χ0) is 10.3. The average Bonchev–Trinajstić information content (AvgIpc) is 2.84. The molecule has 1 aliphatic heterocycles. The van der Waals surface area contributed by atoms with Crippen LogP contribution in [0.15, 0.2) is 18.5 Å². The van der Waals surface area contributed by atoms with Crippen molar-refractivity contribution in [3.8, 4) is 0 Å². The molecule has 1 unspecified atom stereocenters. The highest BCUT2D eigenvalue weighted by Gasteiger charge is 2.24. The Bertz CT molecular complexity index is 472. The fourth-order valence-corrected chi connectivity index (χ4v) is 3.02. The summed E-state index contributed by atoms with van der Waals surface area (Å²) in [5.41, 5.74) is 2.45. The lowest BCUT2D eigenvalue weighted by atomic mass is 10.0. The molecular weight excluding hydrogens is 206 g/mol. The van der Waals surface area contributed by atoms with Crippen molar-refractivity contribution in [1.29, 1.82) is 0 Å². The van der Waals surface area contributed by atoms with E-state index in [-0.39, 0.29) is 0 Å². The molecule has 0 bridgehead atoms. The van der Waals surface area contributed by atoms with Crippen molar-refractivity contribution in [1.82, 2.24) is 15.3 Å². The number of hydrogen-bond donors (Lipinski definition) is 2. The van der Waals surface area contributed by atoms with E-state index in [1.165, 1.54) is 21.1 Å². The standard InChI is InChI=1S/C11H13N3S/c1-7-2-3-9(15-7)11-10-8(4-5-12-11)13-6-14-10/h2-3,6,11-12H,4-5H2,1H3,(H,13,14). The summed E-state index contributed by atoms with van der Waals surface area (Å²) in [6.07, 6.45) is 2.85. The Labute approximate surface area is 92.6 Å². The summed E-state index contributed by atoms with van der Waals surface area (Å²) < 4.78 is 0. The van der Waals surface area contributed by atoms with E-state index in [0.717, 1.165) is 13.0 Å². The molecular formula is C11H13N3S. The van der Waals surface area contributed by atoms with Crippen LogP contribution in [-0.4, -0.2) is 16.5 Å². The van der Waals surface area contributed by atoms with E-state index in [2.05, 4.69) is 34.3 Å². The minimum absolute atomic E-state index is 0.290. The van der Waals surface area contributed by atoms with Crippen LogP contribution < -0.4 is 5.32 Å². The SMILES string of the molecule is Cc1ccc(C2NCCc3[nH]cnc32)s1. The molecule has 1 atom stereocenters. The van der Waals surface area contributed by atoms with Crippen molar-refractivity contribution in [3.05, 3.63) is 39.6 Å². The smallest absolute Gasteiger partial charge is 0.0926 e. The molecule has 0 saturated carbocycles. The first-order chi connectivity index (χ1) is 7.34. The van der Waals surface area contributed by atoms with E-state index in [1.807, 2.05) is 11.3 Å². The number of nitrogens with one attached hydrogen (secondary N) is 2. The highest BCUT2D eigenvalue weighted by Crippen LogP contribution is 2.30. The lowest BCUT2D eigenvalue weighted by molar-refractivity contribution is 0.560. The number of fused-ring (bicyclic) bond motifs is 1. The molecule has 0 aliphatic carbocycles. The molecule has 0 aromatic carbocycles. The molecule has 4 heteroatoms. The van der Waals surface area contributed by atoms with Crippen LogP contribution in [0.3, 0.4) is 0 Å². The summed E-state index contributed by atoms with van der Waals surface area (Å²) in [6.45, 7) is 3.17. The van der Waals surface area contributed by atoms with Crippen molar-refractivity contribution in [2.24, 2.45) is 0 Å². The molecule has 0 saturated heterocycles. The van der Waals surface area contributed by atoms with Crippen LogP contribution >= 0.6 is 11.3 Å². The van der Waals surface area contributed by atoms with Gasteiger partial charge in [0.1, 0.15) is 0 Å². The molecule has 15 heavy (non-hydrogen) atoms. The fraction of sp³-hybridized carbons (Fsp3) is 0.364. The number of thiophene rings is 1. The number of nitrogens with zero attached hydrogens (tertiary/aromatic N) is 1. The van der Waals surface area contributed by atoms with E-state index in [0.29, 0.717) is 6.04 Å². The van der Waals surface area contributed by atoms with Gasteiger partial charge in [-0.2, -0.15) is 0 Å². The second-order valence-electron chi connectivity index (χ2n) is 3.85. The van der Waals surface area contributed by atoms with Crippen LogP contribution in [0.25, 0.3) is 0 Å². The van der Waals surface area contributed by atoms with Gasteiger partial charge in [-0.25, -0.2) is 4.98 Å². The first-order valence-electron chi connectivity index (χ1n) is 5.16. The molecule has 3 nitrogen and oxygen atoms in total. The molecule has 3 heterocycles. The number of aromatic amines is 1. The molecule has 0 spiro atoms. The van der Waals surface area contributed by atoms with Crippen molar-refractivity contribution in [2.75, 3.05) is 6.54 Å². The van der Waals surface area contributed by atoms with Crippen LogP contribution in [-0.2, 0) is 6.42 Å². The summed E-state index contributed by atoms with van der Waals surface area (Å²) in [5, 5.41) is 3.52. The summed E-state index contributed by atoms with van der Waals surface area (Å²) >= 11 is 1.84. The predicted octanol–water partition coefficient (Wildman–Crippen LogP) is 2.01. The number of imidazole rings is 1. The second kappa shape index (κ2) is 3.47. The third-order valence-electron chi connectivity index (χ3n) is 2.79. The molecule has 78 valence electrons. The number of aryl methyl sites for hydroxylation is 1. The maximum Gasteiger partial charge on any atom is 0.0926 e. The molecule has 2 aromatic rings. The van der Waals surface area contributed by atoms with Gasteiger partial charge in [0.2, 0.25) is 0 Å². The molecule has 2 aromatic heterocycles. The summed E-state index contributed by atoms with van der Waals surface area (Å²) in [4.78, 5) is 10.3. The van der Waals surface area contributed by atoms with E-state index in [1.54, 1.807) is 6.33 Å². The van der Waals surface area contributed by atoms with E-state index >= 15 is 0 Å². The van der Waals surface area contributed by atoms with Gasteiger partial charge in [-0.1, -0.05) is 0 Å². The monoisotopic (exact) mass is 219 g/mol. The van der Waals surface area contributed by atoms with Crippen molar-refractivity contribution >= 4 is 11.3 Å². The van der Waals surface area contributed by atoms with Crippen LogP contribution in [0.1, 0.15) is 27.2 Å². The fourth-order valence-electron chi connectivity index (χ4n) is 2.06. The normalized spacial score (nSPS) is 20.2. The van der Waals surface area contributed by atoms with Gasteiger partial charge in [-0.05, 0) is 19.1 Å². The van der Waals surface area contributed by atoms with Gasteiger partial charge in [-0.15, -0.1) is 11.3 Å². The van der Waals surface area contributed by atoms with Gasteiger partial charge in [0.25, 0.3) is 0 Å². The predicted molar refractivity (Wildman–Crippen MR) is 61.2 cm³/mol. The molecule has 0 radical (unpaired) electrons. The molecule has 3 rings (SSSR count). The Morgan fingerprint density at radius 3 is 3.20 bits per heavy atom. The number of rotatable bonds is 1. The minimum atomic E-state index is 0.290. The van der Waals surface area contributed by atoms with Gasteiger partial charge >= 0.3 is 0 Å². The number of aromatic nitrogens is 2. The van der Waals surface area contributed by atoms with Gasteiger partial charge in [0.05, 0.1) is 18.1 Å². The lowest BCUT2D eigenvalue weighted by Crippen LogP contribution is -2.30. The highest BCUT2D eigenvalue weighted by atomic mass is 32.1. The zero-order valence-corrected chi connectivity index (χ0v) is 9.40. The molecule has 0 fully saturated rings. The minimum Gasteiger partial charge on any atom is -0.348 e. The molecule has 1 aliphatic rings. The van der Waals surface area contributed by atoms with Gasteiger partial charge in [0.15, 0.2) is 0 Å². The Morgan fingerprint density at radius 2 is 2.40 bits per heavy atom. The van der Waals surface area contributed by atoms with Crippen molar-refractivity contribution < 1.29 is 0 Å². The quantitative estimate of drug-likeness (QED) is 0.770. The van der Waals surface area contributed by atoms with Crippen LogP contribution in [0.4, 0.5) is 0 Å². The summed E-state index contributed by atoms with van der Waals surface area (Å²) in [6, 6.07) is 4.66. The Morgan fingerprint density at radius 1 is 1.47 bits per heavy atom. The second-order valence-corrected chi connectivity index (χ2v) is 5.17. The van der Waals surface area contributed by atoms with Gasteiger partial charge in [0, 0.05) is 28.4 Å². The summed E-state index contributed by atoms with van der Waals surface area (Å²) in [5.74, 6) is 0. The largest absolute Gasteiger partial charge is 0.348 e. The topological polar surface area (TPSA) is 40.7 Å². The average molecular weight is 219 g/mol. The number of hydrogen-bond acceptors (Lipinski definition) is 3.